The van der Waals surface area contributed by atoms with Crippen LogP contribution in [0.2, 0.25) is 0 Å². The van der Waals surface area contributed by atoms with Gasteiger partial charge >= 0.3 is 5.97 Å². The van der Waals surface area contributed by atoms with Gasteiger partial charge in [-0.25, -0.2) is 4.79 Å². The minimum absolute atomic E-state index is 0.194. The van der Waals surface area contributed by atoms with Crippen LogP contribution < -0.4 is 10.2 Å². The molecule has 0 heterocycles. The Morgan fingerprint density at radius 3 is 2.06 bits per heavy atom. The van der Waals surface area contributed by atoms with E-state index in [1.54, 1.807) is 19.2 Å². The Morgan fingerprint density at radius 1 is 0.938 bits per heavy atom. The summed E-state index contributed by atoms with van der Waals surface area (Å²) in [4.78, 5) is 41.0. The van der Waals surface area contributed by atoms with Gasteiger partial charge in [0.25, 0.3) is 11.8 Å². The maximum atomic E-state index is 12.6. The van der Waals surface area contributed by atoms with Gasteiger partial charge in [0.2, 0.25) is 0 Å². The zero-order valence-electron chi connectivity index (χ0n) is 19.7. The molecule has 2 aromatic carbocycles. The van der Waals surface area contributed by atoms with E-state index < -0.39 is 12.0 Å². The minimum Gasteiger partial charge on any atom is -0.454 e. The number of likely N-dealkylation sites (N-methyl/N-ethyl adjacent to an activating group) is 1. The van der Waals surface area contributed by atoms with Gasteiger partial charge in [-0.2, -0.15) is 0 Å². The SMILES string of the molecule is Cc1ccc(C(=O)N[C@H](C(=O)OCC(=O)N(C)Cc2ccc(N(C)C)cc2)C(C)C)cc1. The van der Waals surface area contributed by atoms with E-state index in [4.69, 9.17) is 4.74 Å². The minimum atomic E-state index is -0.847. The van der Waals surface area contributed by atoms with Crippen LogP contribution in [0.3, 0.4) is 0 Å². The molecule has 0 bridgehead atoms. The third kappa shape index (κ3) is 7.11. The summed E-state index contributed by atoms with van der Waals surface area (Å²) < 4.78 is 5.24. The summed E-state index contributed by atoms with van der Waals surface area (Å²) in [6.45, 7) is 5.58. The van der Waals surface area contributed by atoms with Crippen molar-refractivity contribution in [3.8, 4) is 0 Å². The van der Waals surface area contributed by atoms with E-state index >= 15 is 0 Å². The van der Waals surface area contributed by atoms with Gasteiger partial charge in [-0.15, -0.1) is 0 Å². The lowest BCUT2D eigenvalue weighted by molar-refractivity contribution is -0.154. The fourth-order valence-corrected chi connectivity index (χ4v) is 3.02. The topological polar surface area (TPSA) is 78.9 Å². The smallest absolute Gasteiger partial charge is 0.329 e. The lowest BCUT2D eigenvalue weighted by Crippen LogP contribution is -2.46. The van der Waals surface area contributed by atoms with Crippen LogP contribution in [-0.4, -0.2) is 56.5 Å². The standard InChI is InChI=1S/C25H33N3O4/c1-17(2)23(26-24(30)20-11-7-18(3)8-12-20)25(31)32-16-22(29)28(6)15-19-9-13-21(14-10-19)27(4)5/h7-14,17,23H,15-16H2,1-6H3,(H,26,30)/t23-/m0/s1. The molecular weight excluding hydrogens is 406 g/mol. The first-order valence-electron chi connectivity index (χ1n) is 10.6. The van der Waals surface area contributed by atoms with Crippen LogP contribution in [0, 0.1) is 12.8 Å². The Bertz CT molecular complexity index is 921. The number of hydrogen-bond acceptors (Lipinski definition) is 5. The monoisotopic (exact) mass is 439 g/mol. The number of anilines is 1. The lowest BCUT2D eigenvalue weighted by Gasteiger charge is -2.22. The van der Waals surface area contributed by atoms with Gasteiger partial charge in [-0.1, -0.05) is 43.7 Å². The van der Waals surface area contributed by atoms with Crippen molar-refractivity contribution in [2.45, 2.75) is 33.4 Å². The largest absolute Gasteiger partial charge is 0.454 e. The number of hydrogen-bond donors (Lipinski definition) is 1. The number of amides is 2. The first-order chi connectivity index (χ1) is 15.1. The van der Waals surface area contributed by atoms with E-state index in [1.165, 1.54) is 4.90 Å². The Hall–Kier alpha value is -3.35. The van der Waals surface area contributed by atoms with E-state index in [9.17, 15) is 14.4 Å². The fourth-order valence-electron chi connectivity index (χ4n) is 3.02. The molecule has 1 N–H and O–H groups in total. The molecule has 0 aromatic heterocycles. The van der Waals surface area contributed by atoms with Crippen molar-refractivity contribution in [2.24, 2.45) is 5.92 Å². The fraction of sp³-hybridized carbons (Fsp3) is 0.400. The highest BCUT2D eigenvalue weighted by Gasteiger charge is 2.27. The second kappa shape index (κ2) is 11.3. The molecule has 0 radical (unpaired) electrons. The molecule has 7 nitrogen and oxygen atoms in total. The molecule has 0 aliphatic rings. The second-order valence-electron chi connectivity index (χ2n) is 8.48. The van der Waals surface area contributed by atoms with E-state index in [2.05, 4.69) is 5.32 Å². The number of carbonyl (C=O) groups excluding carboxylic acids is 3. The normalized spacial score (nSPS) is 11.6. The van der Waals surface area contributed by atoms with Crippen molar-refractivity contribution in [2.75, 3.05) is 32.6 Å². The molecule has 172 valence electrons. The highest BCUT2D eigenvalue weighted by Crippen LogP contribution is 2.14. The average Bonchev–Trinajstić information content (AvgIpc) is 2.75. The second-order valence-corrected chi connectivity index (χ2v) is 8.48. The zero-order chi connectivity index (χ0) is 23.8. The van der Waals surface area contributed by atoms with Gasteiger partial charge in [0.15, 0.2) is 6.61 Å². The van der Waals surface area contributed by atoms with Crippen molar-refractivity contribution in [1.29, 1.82) is 0 Å². The third-order valence-corrected chi connectivity index (χ3v) is 5.16. The van der Waals surface area contributed by atoms with Crippen molar-refractivity contribution >= 4 is 23.5 Å². The predicted octanol–water partition coefficient (Wildman–Crippen LogP) is 3.02. The summed E-state index contributed by atoms with van der Waals surface area (Å²) in [7, 11) is 5.59. The van der Waals surface area contributed by atoms with Crippen molar-refractivity contribution < 1.29 is 19.1 Å². The van der Waals surface area contributed by atoms with Crippen molar-refractivity contribution in [3.63, 3.8) is 0 Å². The number of ether oxygens (including phenoxy) is 1. The summed E-state index contributed by atoms with van der Waals surface area (Å²) >= 11 is 0. The molecule has 2 rings (SSSR count). The van der Waals surface area contributed by atoms with Crippen LogP contribution in [0.15, 0.2) is 48.5 Å². The number of rotatable bonds is 9. The molecular formula is C25H33N3O4. The Labute approximate surface area is 190 Å². The molecule has 1 atom stereocenters. The predicted molar refractivity (Wildman–Crippen MR) is 125 cm³/mol. The third-order valence-electron chi connectivity index (χ3n) is 5.16. The number of aryl methyl sites for hydroxylation is 1. The van der Waals surface area contributed by atoms with E-state index in [-0.39, 0.29) is 24.3 Å². The van der Waals surface area contributed by atoms with Gasteiger partial charge in [0.05, 0.1) is 0 Å². The summed E-state index contributed by atoms with van der Waals surface area (Å²) in [5.74, 6) is -1.50. The van der Waals surface area contributed by atoms with Crippen LogP contribution in [-0.2, 0) is 20.9 Å². The van der Waals surface area contributed by atoms with Gasteiger partial charge < -0.3 is 19.9 Å². The van der Waals surface area contributed by atoms with Crippen LogP contribution in [0.4, 0.5) is 5.69 Å². The van der Waals surface area contributed by atoms with Gasteiger partial charge in [-0.3, -0.25) is 9.59 Å². The van der Waals surface area contributed by atoms with E-state index in [0.717, 1.165) is 16.8 Å². The molecule has 0 spiro atoms. The van der Waals surface area contributed by atoms with Crippen molar-refractivity contribution in [1.82, 2.24) is 10.2 Å². The first kappa shape index (κ1) is 24.9. The molecule has 0 aliphatic heterocycles. The number of nitrogens with one attached hydrogen (secondary N) is 1. The quantitative estimate of drug-likeness (QED) is 0.608. The molecule has 0 unspecified atom stereocenters. The van der Waals surface area contributed by atoms with Crippen LogP contribution >= 0.6 is 0 Å². The summed E-state index contributed by atoms with van der Waals surface area (Å²) in [6, 6.07) is 14.1. The van der Waals surface area contributed by atoms with E-state index in [0.29, 0.717) is 12.1 Å². The maximum absolute atomic E-state index is 12.6. The van der Waals surface area contributed by atoms with Crippen LogP contribution in [0.1, 0.15) is 35.3 Å². The van der Waals surface area contributed by atoms with Gasteiger partial charge in [0, 0.05) is 38.9 Å². The molecule has 0 saturated heterocycles. The summed E-state index contributed by atoms with van der Waals surface area (Å²) in [6.07, 6.45) is 0. The van der Waals surface area contributed by atoms with Gasteiger partial charge in [0.1, 0.15) is 6.04 Å². The number of benzene rings is 2. The Balaban J connectivity index is 1.90. The molecule has 7 heteroatoms. The summed E-state index contributed by atoms with van der Waals surface area (Å²) in [5, 5.41) is 2.72. The number of esters is 1. The highest BCUT2D eigenvalue weighted by molar-refractivity contribution is 5.97. The molecule has 0 fully saturated rings. The first-order valence-corrected chi connectivity index (χ1v) is 10.6. The molecule has 2 amide bonds. The Morgan fingerprint density at radius 2 is 1.53 bits per heavy atom. The number of carbonyl (C=O) groups is 3. The Kier molecular flexibility index (Phi) is 8.81. The molecule has 32 heavy (non-hydrogen) atoms. The molecule has 0 aliphatic carbocycles. The van der Waals surface area contributed by atoms with E-state index in [1.807, 2.05) is 76.2 Å². The maximum Gasteiger partial charge on any atom is 0.329 e. The number of nitrogens with zero attached hydrogens (tertiary/aromatic N) is 2. The lowest BCUT2D eigenvalue weighted by atomic mass is 10.0. The molecule has 0 saturated carbocycles. The summed E-state index contributed by atoms with van der Waals surface area (Å²) in [5.41, 5.74) is 3.55. The van der Waals surface area contributed by atoms with Gasteiger partial charge in [-0.05, 0) is 42.7 Å². The van der Waals surface area contributed by atoms with Crippen molar-refractivity contribution in [3.05, 3.63) is 65.2 Å². The van der Waals surface area contributed by atoms with Crippen LogP contribution in [0.5, 0.6) is 0 Å². The van der Waals surface area contributed by atoms with Crippen LogP contribution in [0.25, 0.3) is 0 Å². The zero-order valence-corrected chi connectivity index (χ0v) is 19.7. The highest BCUT2D eigenvalue weighted by atomic mass is 16.5. The average molecular weight is 440 g/mol. The molecule has 2 aromatic rings.